The number of aryl methyl sites for hydroxylation is 1. The van der Waals surface area contributed by atoms with Gasteiger partial charge in [-0.05, 0) is 12.1 Å². The van der Waals surface area contributed by atoms with E-state index in [1.165, 1.54) is 22.1 Å². The van der Waals surface area contributed by atoms with Gasteiger partial charge in [0.1, 0.15) is 11.4 Å². The van der Waals surface area contributed by atoms with E-state index in [4.69, 9.17) is 6.85 Å². The third-order valence-corrected chi connectivity index (χ3v) is 4.06. The molecule has 0 bridgehead atoms. The Morgan fingerprint density at radius 1 is 1.27 bits per heavy atom. The van der Waals surface area contributed by atoms with Crippen molar-refractivity contribution in [3.8, 4) is 11.3 Å². The highest BCUT2D eigenvalue weighted by Crippen LogP contribution is 2.42. The van der Waals surface area contributed by atoms with Crippen LogP contribution in [-0.2, 0) is 13.5 Å². The van der Waals surface area contributed by atoms with Crippen LogP contribution in [0.3, 0.4) is 0 Å². The first-order valence-corrected chi connectivity index (χ1v) is 7.81. The van der Waals surface area contributed by atoms with Crippen molar-refractivity contribution in [3.63, 3.8) is 0 Å². The van der Waals surface area contributed by atoms with Crippen LogP contribution in [0.25, 0.3) is 11.3 Å². The van der Waals surface area contributed by atoms with Crippen LogP contribution in [0, 0.1) is 0 Å². The minimum Gasteiger partial charge on any atom is -0.366 e. The smallest absolute Gasteiger partial charge is 0.254 e. The SMILES string of the molecule is [2H]C([2H])([2H])NC(=O)c1cnccc1Nc1cccc2c1N(C)C([2H])([2H])c1nn(C)nc1-2. The van der Waals surface area contributed by atoms with E-state index in [-0.39, 0.29) is 11.3 Å². The Hall–Kier alpha value is -3.42. The van der Waals surface area contributed by atoms with Crippen molar-refractivity contribution in [2.24, 2.45) is 7.05 Å². The summed E-state index contributed by atoms with van der Waals surface area (Å²) in [5, 5.41) is 13.6. The summed E-state index contributed by atoms with van der Waals surface area (Å²) in [4.78, 5) is 19.1. The molecule has 0 radical (unpaired) electrons. The van der Waals surface area contributed by atoms with Gasteiger partial charge in [-0.2, -0.15) is 15.0 Å². The van der Waals surface area contributed by atoms with Gasteiger partial charge in [0.15, 0.2) is 0 Å². The molecule has 0 atom stereocenters. The summed E-state index contributed by atoms with van der Waals surface area (Å²) in [5.74, 6) is -0.805. The van der Waals surface area contributed by atoms with Gasteiger partial charge in [0, 0.05) is 43.1 Å². The second kappa shape index (κ2) is 6.14. The maximum absolute atomic E-state index is 12.5. The Morgan fingerprint density at radius 3 is 3.00 bits per heavy atom. The van der Waals surface area contributed by atoms with Crippen LogP contribution >= 0.6 is 0 Å². The number of para-hydroxylation sites is 1. The lowest BCUT2D eigenvalue weighted by molar-refractivity contribution is 0.0963. The highest BCUT2D eigenvalue weighted by Gasteiger charge is 2.26. The molecule has 1 aliphatic heterocycles. The van der Waals surface area contributed by atoms with Gasteiger partial charge in [-0.3, -0.25) is 9.78 Å². The van der Waals surface area contributed by atoms with Crippen molar-refractivity contribution in [2.45, 2.75) is 6.50 Å². The standard InChI is InChI=1S/C18H19N7O/c1-19-18(26)12-9-20-8-7-13(12)21-14-6-4-5-11-16-15(22-25(3)23-16)10-24(2)17(11)14/h4-9H,10H2,1-3H3,(H,19,26)(H,20,21)/i1D3,10D2. The van der Waals surface area contributed by atoms with Crippen LogP contribution in [0.1, 0.15) is 22.9 Å². The molecule has 3 aromatic rings. The van der Waals surface area contributed by atoms with Crippen LogP contribution < -0.4 is 15.5 Å². The number of nitrogens with zero attached hydrogens (tertiary/aromatic N) is 5. The Bertz CT molecular complexity index is 1170. The van der Waals surface area contributed by atoms with Crippen LogP contribution in [-0.4, -0.2) is 39.9 Å². The van der Waals surface area contributed by atoms with Crippen LogP contribution in [0.4, 0.5) is 17.1 Å². The zero-order valence-corrected chi connectivity index (χ0v) is 14.1. The fraction of sp³-hybridized carbons (Fsp3) is 0.222. The molecule has 2 aromatic heterocycles. The summed E-state index contributed by atoms with van der Waals surface area (Å²) >= 11 is 0. The van der Waals surface area contributed by atoms with Gasteiger partial charge in [-0.15, -0.1) is 0 Å². The molecule has 0 saturated heterocycles. The number of pyridine rings is 1. The third kappa shape index (κ3) is 2.55. The molecule has 8 heteroatoms. The highest BCUT2D eigenvalue weighted by molar-refractivity contribution is 6.01. The average molecular weight is 354 g/mol. The summed E-state index contributed by atoms with van der Waals surface area (Å²) < 4.78 is 38.9. The van der Waals surface area contributed by atoms with E-state index in [1.807, 2.05) is 11.4 Å². The molecule has 0 unspecified atom stereocenters. The van der Waals surface area contributed by atoms with Crippen molar-refractivity contribution in [1.82, 2.24) is 25.3 Å². The molecule has 0 saturated carbocycles. The molecule has 132 valence electrons. The molecular formula is C18H19N7O. The Kier molecular flexibility index (Phi) is 2.66. The van der Waals surface area contributed by atoms with E-state index in [9.17, 15) is 4.79 Å². The monoisotopic (exact) mass is 354 g/mol. The van der Waals surface area contributed by atoms with Gasteiger partial charge in [0.25, 0.3) is 5.91 Å². The fourth-order valence-electron chi connectivity index (χ4n) is 2.97. The maximum Gasteiger partial charge on any atom is 0.254 e. The van der Waals surface area contributed by atoms with Crippen molar-refractivity contribution >= 4 is 23.0 Å². The summed E-state index contributed by atoms with van der Waals surface area (Å²) in [6.45, 7) is -4.57. The predicted molar refractivity (Wildman–Crippen MR) is 99.5 cm³/mol. The Labute approximate surface area is 157 Å². The number of benzene rings is 1. The lowest BCUT2D eigenvalue weighted by atomic mass is 10.0. The highest BCUT2D eigenvalue weighted by atomic mass is 16.1. The molecule has 0 aliphatic carbocycles. The number of fused-ring (bicyclic) bond motifs is 3. The first-order chi connectivity index (χ1) is 14.5. The summed E-state index contributed by atoms with van der Waals surface area (Å²) in [7, 11) is 3.24. The van der Waals surface area contributed by atoms with Gasteiger partial charge in [0.2, 0.25) is 0 Å². The van der Waals surface area contributed by atoms with Crippen molar-refractivity contribution in [2.75, 3.05) is 24.2 Å². The molecular weight excluding hydrogens is 330 g/mol. The van der Waals surface area contributed by atoms with Crippen LogP contribution in [0.5, 0.6) is 0 Å². The van der Waals surface area contributed by atoms with Gasteiger partial charge < -0.3 is 15.5 Å². The molecule has 8 nitrogen and oxygen atoms in total. The first-order valence-electron chi connectivity index (χ1n) is 10.3. The van der Waals surface area contributed by atoms with Gasteiger partial charge in [-0.1, -0.05) is 12.1 Å². The van der Waals surface area contributed by atoms with Crippen molar-refractivity contribution in [1.29, 1.82) is 0 Å². The van der Waals surface area contributed by atoms with E-state index in [1.54, 1.807) is 32.3 Å². The molecule has 2 N–H and O–H groups in total. The largest absolute Gasteiger partial charge is 0.366 e. The Balaban J connectivity index is 1.80. The summed E-state index contributed by atoms with van der Waals surface area (Å²) in [6.07, 6.45) is 2.73. The van der Waals surface area contributed by atoms with Crippen LogP contribution in [0.15, 0.2) is 36.7 Å². The minimum atomic E-state index is -2.64. The van der Waals surface area contributed by atoms with Crippen molar-refractivity contribution in [3.05, 3.63) is 47.9 Å². The van der Waals surface area contributed by atoms with Crippen LogP contribution in [0.2, 0.25) is 0 Å². The average Bonchev–Trinajstić information content (AvgIpc) is 3.08. The molecule has 1 amide bonds. The molecule has 4 rings (SSSR count). The van der Waals surface area contributed by atoms with E-state index in [2.05, 4.69) is 20.5 Å². The number of carbonyl (C=O) groups is 1. The molecule has 26 heavy (non-hydrogen) atoms. The summed E-state index contributed by atoms with van der Waals surface area (Å²) in [6, 6.07) is 6.87. The third-order valence-electron chi connectivity index (χ3n) is 4.06. The van der Waals surface area contributed by atoms with E-state index in [0.29, 0.717) is 28.3 Å². The Morgan fingerprint density at radius 2 is 2.15 bits per heavy atom. The number of hydrogen-bond acceptors (Lipinski definition) is 6. The lowest BCUT2D eigenvalue weighted by Gasteiger charge is -2.28. The normalized spacial score (nSPS) is 17.6. The second-order valence-electron chi connectivity index (χ2n) is 5.76. The lowest BCUT2D eigenvalue weighted by Crippen LogP contribution is -2.23. The molecule has 1 aliphatic rings. The van der Waals surface area contributed by atoms with Crippen molar-refractivity contribution < 1.29 is 11.6 Å². The zero-order chi connectivity index (χ0) is 22.6. The number of amides is 1. The number of hydrogen-bond donors (Lipinski definition) is 2. The van der Waals surface area contributed by atoms with E-state index in [0.717, 1.165) is 0 Å². The minimum absolute atomic E-state index is 0.0397. The predicted octanol–water partition coefficient (Wildman–Crippen LogP) is 1.93. The topological polar surface area (TPSA) is 88.0 Å². The molecule has 3 heterocycles. The maximum atomic E-state index is 12.5. The van der Waals surface area contributed by atoms with Gasteiger partial charge in [-0.25, -0.2) is 0 Å². The second-order valence-corrected chi connectivity index (χ2v) is 5.76. The first kappa shape index (κ1) is 11.2. The van der Waals surface area contributed by atoms with Gasteiger partial charge >= 0.3 is 0 Å². The van der Waals surface area contributed by atoms with E-state index < -0.39 is 19.4 Å². The number of rotatable bonds is 3. The van der Waals surface area contributed by atoms with E-state index >= 15 is 0 Å². The number of aromatic nitrogens is 4. The number of anilines is 3. The molecule has 1 aromatic carbocycles. The quantitative estimate of drug-likeness (QED) is 0.747. The molecule has 0 spiro atoms. The number of carbonyl (C=O) groups excluding carboxylic acids is 1. The van der Waals surface area contributed by atoms with Gasteiger partial charge in [0.05, 0.1) is 31.9 Å². The fourth-order valence-corrected chi connectivity index (χ4v) is 2.97. The zero-order valence-electron chi connectivity index (χ0n) is 19.1. The molecule has 0 fully saturated rings. The number of nitrogens with one attached hydrogen (secondary N) is 2. The summed E-state index contributed by atoms with van der Waals surface area (Å²) in [5.41, 5.74) is 2.71.